The number of anilines is 2. The highest BCUT2D eigenvalue weighted by Gasteiger charge is 2.17. The molecule has 2 heterocycles. The van der Waals surface area contributed by atoms with Crippen molar-refractivity contribution in [2.75, 3.05) is 36.9 Å². The second kappa shape index (κ2) is 5.55. The Morgan fingerprint density at radius 3 is 2.85 bits per heavy atom. The van der Waals surface area contributed by atoms with Crippen molar-refractivity contribution >= 4 is 33.8 Å². The van der Waals surface area contributed by atoms with E-state index in [0.29, 0.717) is 24.5 Å². The smallest absolute Gasteiger partial charge is 0.186 e. The van der Waals surface area contributed by atoms with Crippen molar-refractivity contribution in [3.05, 3.63) is 28.4 Å². The summed E-state index contributed by atoms with van der Waals surface area (Å²) < 4.78 is 19.0. The summed E-state index contributed by atoms with van der Waals surface area (Å²) in [5.41, 5.74) is 7.06. The van der Waals surface area contributed by atoms with E-state index in [4.69, 9.17) is 22.1 Å². The molecule has 0 bridgehead atoms. The Morgan fingerprint density at radius 2 is 2.10 bits per heavy atom. The Bertz CT molecular complexity index is 628. The van der Waals surface area contributed by atoms with E-state index in [2.05, 4.69) is 9.88 Å². The SMILES string of the molecule is Nc1c(-c2csc(N3CCOCC3)n2)ccc(Cl)c1F. The standard InChI is InChI=1S/C13H13ClFN3OS/c14-9-2-1-8(12(16)11(9)15)10-7-20-13(17-10)18-3-5-19-6-4-18/h1-2,7H,3-6,16H2. The minimum Gasteiger partial charge on any atom is -0.396 e. The number of rotatable bonds is 2. The number of morpholine rings is 1. The first-order valence-corrected chi connectivity index (χ1v) is 7.44. The minimum atomic E-state index is -0.593. The van der Waals surface area contributed by atoms with Crippen LogP contribution in [0.5, 0.6) is 0 Å². The number of halogens is 2. The zero-order valence-electron chi connectivity index (χ0n) is 10.6. The molecule has 4 nitrogen and oxygen atoms in total. The first-order valence-electron chi connectivity index (χ1n) is 6.19. The molecular formula is C13H13ClFN3OS. The molecule has 106 valence electrons. The summed E-state index contributed by atoms with van der Waals surface area (Å²) in [5.74, 6) is -0.593. The van der Waals surface area contributed by atoms with Gasteiger partial charge in [0.25, 0.3) is 0 Å². The van der Waals surface area contributed by atoms with Crippen LogP contribution in [-0.2, 0) is 4.74 Å². The molecule has 1 aliphatic heterocycles. The van der Waals surface area contributed by atoms with Crippen molar-refractivity contribution in [3.8, 4) is 11.3 Å². The predicted octanol–water partition coefficient (Wildman–Crippen LogP) is 3.02. The molecule has 0 unspecified atom stereocenters. The second-order valence-electron chi connectivity index (χ2n) is 4.44. The lowest BCUT2D eigenvalue weighted by Gasteiger charge is -2.26. The van der Waals surface area contributed by atoms with Crippen molar-refractivity contribution in [2.24, 2.45) is 0 Å². The van der Waals surface area contributed by atoms with Gasteiger partial charge in [-0.1, -0.05) is 11.6 Å². The maximum Gasteiger partial charge on any atom is 0.186 e. The fourth-order valence-corrected chi connectivity index (χ4v) is 3.12. The fraction of sp³-hybridized carbons (Fsp3) is 0.308. The van der Waals surface area contributed by atoms with Crippen LogP contribution in [0.3, 0.4) is 0 Å². The molecule has 3 rings (SSSR count). The van der Waals surface area contributed by atoms with Crippen LogP contribution in [0.2, 0.25) is 5.02 Å². The fourth-order valence-electron chi connectivity index (χ4n) is 2.08. The van der Waals surface area contributed by atoms with Gasteiger partial charge in [0, 0.05) is 24.0 Å². The number of thiazole rings is 1. The van der Waals surface area contributed by atoms with Gasteiger partial charge >= 0.3 is 0 Å². The number of nitrogens with two attached hydrogens (primary N) is 1. The maximum atomic E-state index is 13.7. The molecule has 20 heavy (non-hydrogen) atoms. The average Bonchev–Trinajstić information content (AvgIpc) is 2.95. The van der Waals surface area contributed by atoms with Gasteiger partial charge in [-0.05, 0) is 12.1 Å². The van der Waals surface area contributed by atoms with Crippen molar-refractivity contribution < 1.29 is 9.13 Å². The lowest BCUT2D eigenvalue weighted by Crippen LogP contribution is -2.36. The van der Waals surface area contributed by atoms with Gasteiger partial charge in [-0.2, -0.15) is 0 Å². The summed E-state index contributed by atoms with van der Waals surface area (Å²) in [4.78, 5) is 6.69. The van der Waals surface area contributed by atoms with Crippen LogP contribution in [0.25, 0.3) is 11.3 Å². The van der Waals surface area contributed by atoms with Gasteiger partial charge in [0.1, 0.15) is 0 Å². The van der Waals surface area contributed by atoms with E-state index in [0.717, 1.165) is 18.2 Å². The van der Waals surface area contributed by atoms with Crippen LogP contribution in [0.4, 0.5) is 15.2 Å². The molecular weight excluding hydrogens is 301 g/mol. The number of nitrogen functional groups attached to an aromatic ring is 1. The van der Waals surface area contributed by atoms with Crippen LogP contribution in [0, 0.1) is 5.82 Å². The molecule has 1 aliphatic rings. The molecule has 1 saturated heterocycles. The Balaban J connectivity index is 1.92. The minimum absolute atomic E-state index is 0.0230. The molecule has 0 amide bonds. The molecule has 2 N–H and O–H groups in total. The Hall–Kier alpha value is -1.37. The summed E-state index contributed by atoms with van der Waals surface area (Å²) >= 11 is 7.22. The van der Waals surface area contributed by atoms with E-state index in [-0.39, 0.29) is 10.7 Å². The van der Waals surface area contributed by atoms with Crippen LogP contribution < -0.4 is 10.6 Å². The van der Waals surface area contributed by atoms with Gasteiger partial charge in [0.15, 0.2) is 10.9 Å². The molecule has 1 aromatic carbocycles. The van der Waals surface area contributed by atoms with Crippen molar-refractivity contribution in [2.45, 2.75) is 0 Å². The number of hydrogen-bond donors (Lipinski definition) is 1. The molecule has 2 aromatic rings. The third-order valence-corrected chi connectivity index (χ3v) is 4.38. The zero-order valence-corrected chi connectivity index (χ0v) is 12.2. The van der Waals surface area contributed by atoms with E-state index < -0.39 is 5.82 Å². The molecule has 7 heteroatoms. The Kier molecular flexibility index (Phi) is 3.78. The lowest BCUT2D eigenvalue weighted by molar-refractivity contribution is 0.122. The highest BCUT2D eigenvalue weighted by molar-refractivity contribution is 7.14. The van der Waals surface area contributed by atoms with E-state index in [1.165, 1.54) is 17.4 Å². The third-order valence-electron chi connectivity index (χ3n) is 3.18. The number of benzene rings is 1. The summed E-state index contributed by atoms with van der Waals surface area (Å²) in [6.45, 7) is 3.04. The molecule has 0 spiro atoms. The highest BCUT2D eigenvalue weighted by Crippen LogP contribution is 2.34. The quantitative estimate of drug-likeness (QED) is 0.866. The van der Waals surface area contributed by atoms with Crippen LogP contribution in [-0.4, -0.2) is 31.3 Å². The van der Waals surface area contributed by atoms with Crippen molar-refractivity contribution in [3.63, 3.8) is 0 Å². The molecule has 1 fully saturated rings. The van der Waals surface area contributed by atoms with Crippen molar-refractivity contribution in [1.82, 2.24) is 4.98 Å². The van der Waals surface area contributed by atoms with Crippen molar-refractivity contribution in [1.29, 1.82) is 0 Å². The Morgan fingerprint density at radius 1 is 1.35 bits per heavy atom. The molecule has 0 atom stereocenters. The van der Waals surface area contributed by atoms with Crippen LogP contribution in [0.15, 0.2) is 17.5 Å². The number of nitrogens with zero attached hydrogens (tertiary/aromatic N) is 2. The number of ether oxygens (including phenoxy) is 1. The molecule has 1 aromatic heterocycles. The first kappa shape index (κ1) is 13.6. The Labute approximate surface area is 124 Å². The molecule has 0 radical (unpaired) electrons. The second-order valence-corrected chi connectivity index (χ2v) is 5.68. The van der Waals surface area contributed by atoms with Gasteiger partial charge in [-0.25, -0.2) is 9.37 Å². The molecule has 0 aliphatic carbocycles. The van der Waals surface area contributed by atoms with Gasteiger partial charge in [0.05, 0.1) is 29.6 Å². The van der Waals surface area contributed by atoms with Gasteiger partial charge < -0.3 is 15.4 Å². The van der Waals surface area contributed by atoms with Gasteiger partial charge in [-0.3, -0.25) is 0 Å². The number of hydrogen-bond acceptors (Lipinski definition) is 5. The normalized spacial score (nSPS) is 15.6. The number of aromatic nitrogens is 1. The largest absolute Gasteiger partial charge is 0.396 e. The predicted molar refractivity (Wildman–Crippen MR) is 80.0 cm³/mol. The maximum absolute atomic E-state index is 13.7. The van der Waals surface area contributed by atoms with Gasteiger partial charge in [0.2, 0.25) is 0 Å². The van der Waals surface area contributed by atoms with E-state index in [1.54, 1.807) is 6.07 Å². The van der Waals surface area contributed by atoms with E-state index in [1.807, 2.05) is 5.38 Å². The summed E-state index contributed by atoms with van der Waals surface area (Å²) in [7, 11) is 0. The summed E-state index contributed by atoms with van der Waals surface area (Å²) in [6.07, 6.45) is 0. The zero-order chi connectivity index (χ0) is 14.1. The van der Waals surface area contributed by atoms with Gasteiger partial charge in [-0.15, -0.1) is 11.3 Å². The average molecular weight is 314 g/mol. The van der Waals surface area contributed by atoms with E-state index in [9.17, 15) is 4.39 Å². The third kappa shape index (κ3) is 2.46. The summed E-state index contributed by atoms with van der Waals surface area (Å²) in [6, 6.07) is 3.19. The van der Waals surface area contributed by atoms with E-state index >= 15 is 0 Å². The monoisotopic (exact) mass is 313 g/mol. The first-order chi connectivity index (χ1) is 9.66. The summed E-state index contributed by atoms with van der Waals surface area (Å²) in [5, 5.41) is 2.80. The lowest BCUT2D eigenvalue weighted by atomic mass is 10.1. The topological polar surface area (TPSA) is 51.4 Å². The van der Waals surface area contributed by atoms with Crippen LogP contribution in [0.1, 0.15) is 0 Å². The highest BCUT2D eigenvalue weighted by atomic mass is 35.5. The molecule has 0 saturated carbocycles. The van der Waals surface area contributed by atoms with Crippen LogP contribution >= 0.6 is 22.9 Å².